The molecular formula is C30H41NO8. The van der Waals surface area contributed by atoms with Gasteiger partial charge in [0.2, 0.25) is 6.29 Å². The molecule has 5 rings (SSSR count). The Kier molecular flexibility index (Phi) is 9.51. The summed E-state index contributed by atoms with van der Waals surface area (Å²) in [4.78, 5) is 14.2. The average molecular weight is 544 g/mol. The molecule has 214 valence electrons. The molecule has 7 atom stereocenters. The molecule has 39 heavy (non-hydrogen) atoms. The Morgan fingerprint density at radius 2 is 1.82 bits per heavy atom. The van der Waals surface area contributed by atoms with Crippen LogP contribution in [0.25, 0.3) is 0 Å². The first-order chi connectivity index (χ1) is 18.4. The minimum atomic E-state index is -1.78. The first-order valence-electron chi connectivity index (χ1n) is 13.5. The van der Waals surface area contributed by atoms with E-state index < -0.39 is 36.7 Å². The third-order valence-corrected chi connectivity index (χ3v) is 8.05. The van der Waals surface area contributed by atoms with Crippen molar-refractivity contribution in [3.05, 3.63) is 59.2 Å². The number of carbonyl (C=O) groups is 1. The molecule has 0 spiro atoms. The van der Waals surface area contributed by atoms with Crippen molar-refractivity contribution in [2.75, 3.05) is 13.1 Å². The van der Waals surface area contributed by atoms with Crippen molar-refractivity contribution in [2.45, 2.75) is 89.8 Å². The van der Waals surface area contributed by atoms with Crippen LogP contribution in [-0.2, 0) is 29.0 Å². The third-order valence-electron chi connectivity index (χ3n) is 8.05. The number of likely N-dealkylation sites (tertiary alicyclic amines) is 1. The second kappa shape index (κ2) is 12.7. The van der Waals surface area contributed by atoms with Crippen molar-refractivity contribution in [1.82, 2.24) is 4.90 Å². The van der Waals surface area contributed by atoms with Crippen LogP contribution in [0.5, 0.6) is 11.5 Å². The number of nitrogens with zero attached hydrogens (tertiary/aromatic N) is 1. The van der Waals surface area contributed by atoms with Gasteiger partial charge in [0, 0.05) is 11.6 Å². The van der Waals surface area contributed by atoms with Crippen molar-refractivity contribution in [2.24, 2.45) is 5.92 Å². The normalized spacial score (nSPS) is 30.4. The molecule has 2 saturated heterocycles. The summed E-state index contributed by atoms with van der Waals surface area (Å²) < 4.78 is 17.8. The van der Waals surface area contributed by atoms with E-state index in [1.165, 1.54) is 0 Å². The van der Waals surface area contributed by atoms with E-state index in [-0.39, 0.29) is 7.43 Å². The lowest BCUT2D eigenvalue weighted by molar-refractivity contribution is -0.271. The Labute approximate surface area is 229 Å². The summed E-state index contributed by atoms with van der Waals surface area (Å²) in [5.74, 6) is -0.170. The zero-order valence-corrected chi connectivity index (χ0v) is 21.6. The van der Waals surface area contributed by atoms with E-state index in [1.807, 2.05) is 36.4 Å². The quantitative estimate of drug-likeness (QED) is 0.397. The number of aliphatic carboxylic acids is 1. The van der Waals surface area contributed by atoms with Crippen molar-refractivity contribution < 1.29 is 39.4 Å². The van der Waals surface area contributed by atoms with E-state index in [9.17, 15) is 25.2 Å². The van der Waals surface area contributed by atoms with Crippen LogP contribution >= 0.6 is 0 Å². The molecule has 2 aliphatic heterocycles. The number of benzene rings is 2. The highest BCUT2D eigenvalue weighted by Gasteiger charge is 2.49. The monoisotopic (exact) mass is 543 g/mol. The highest BCUT2D eigenvalue weighted by Crippen LogP contribution is 2.44. The minimum Gasteiger partial charge on any atom is -0.485 e. The fraction of sp³-hybridized carbons (Fsp3) is 0.567. The molecule has 2 aromatic rings. The molecule has 0 unspecified atom stereocenters. The van der Waals surface area contributed by atoms with Gasteiger partial charge >= 0.3 is 5.97 Å². The Morgan fingerprint density at radius 3 is 2.54 bits per heavy atom. The number of rotatable bonds is 8. The fourth-order valence-electron chi connectivity index (χ4n) is 6.10. The molecule has 2 fully saturated rings. The first kappa shape index (κ1) is 29.3. The Balaban J connectivity index is 0.00000353. The van der Waals surface area contributed by atoms with E-state index in [1.54, 1.807) is 0 Å². The number of hydrogen-bond donors (Lipinski definition) is 4. The summed E-state index contributed by atoms with van der Waals surface area (Å²) in [6.07, 6.45) is -3.45. The van der Waals surface area contributed by atoms with Crippen LogP contribution in [0.15, 0.2) is 42.5 Å². The minimum absolute atomic E-state index is 0. The number of ether oxygens (including phenoxy) is 3. The predicted molar refractivity (Wildman–Crippen MR) is 145 cm³/mol. The standard InChI is InChI=1S/C29H37NO8.CH4/c1-2-12-30-13-6-9-19-14-20-18(15-21(19)30)10-11-22(36-16-17-7-4-3-5-8-17)26(20)37-29-25(33)23(31)24(32)27(38-29)28(34)35;/h3-5,7-8,10-11,19,21,23-25,27,29,31-33H,2,6,9,12-16H2,1H3,(H,34,35);1H4/t19-,21-,23+,24+,25-,27+,29-;/m1./s1. The summed E-state index contributed by atoms with van der Waals surface area (Å²) in [5, 5.41) is 40.6. The number of piperidine rings is 1. The maximum absolute atomic E-state index is 11.7. The molecule has 0 amide bonds. The Hall–Kier alpha value is -2.69. The second-order valence-electron chi connectivity index (χ2n) is 10.6. The summed E-state index contributed by atoms with van der Waals surface area (Å²) in [5.41, 5.74) is 3.05. The van der Waals surface area contributed by atoms with Gasteiger partial charge in [-0.15, -0.1) is 0 Å². The van der Waals surface area contributed by atoms with Gasteiger partial charge in [-0.1, -0.05) is 50.7 Å². The zero-order valence-electron chi connectivity index (χ0n) is 21.6. The lowest BCUT2D eigenvalue weighted by atomic mass is 9.75. The van der Waals surface area contributed by atoms with Gasteiger partial charge in [-0.05, 0) is 68.3 Å². The summed E-state index contributed by atoms with van der Waals surface area (Å²) in [6.45, 7) is 4.66. The smallest absolute Gasteiger partial charge is 0.335 e. The molecule has 0 saturated carbocycles. The van der Waals surface area contributed by atoms with Crippen molar-refractivity contribution in [1.29, 1.82) is 0 Å². The van der Waals surface area contributed by atoms with Crippen molar-refractivity contribution in [3.8, 4) is 11.5 Å². The van der Waals surface area contributed by atoms with Gasteiger partial charge in [-0.25, -0.2) is 4.79 Å². The van der Waals surface area contributed by atoms with Gasteiger partial charge in [0.1, 0.15) is 24.9 Å². The van der Waals surface area contributed by atoms with Gasteiger partial charge in [0.15, 0.2) is 17.6 Å². The largest absolute Gasteiger partial charge is 0.485 e. The van der Waals surface area contributed by atoms with E-state index in [0.29, 0.717) is 30.1 Å². The highest BCUT2D eigenvalue weighted by atomic mass is 16.7. The number of aliphatic hydroxyl groups is 3. The molecule has 2 heterocycles. The Bertz CT molecular complexity index is 1110. The lowest BCUT2D eigenvalue weighted by Gasteiger charge is -2.45. The van der Waals surface area contributed by atoms with Crippen LogP contribution < -0.4 is 9.47 Å². The highest BCUT2D eigenvalue weighted by molar-refractivity contribution is 5.73. The molecule has 0 bridgehead atoms. The molecule has 0 aromatic heterocycles. The predicted octanol–water partition coefficient (Wildman–Crippen LogP) is 2.76. The van der Waals surface area contributed by atoms with Crippen LogP contribution in [0.2, 0.25) is 0 Å². The van der Waals surface area contributed by atoms with Crippen LogP contribution in [0.4, 0.5) is 0 Å². The zero-order chi connectivity index (χ0) is 26.8. The maximum atomic E-state index is 11.7. The SMILES string of the molecule is C.CCCN1CCC[C@@H]2Cc3c(ccc(OCc4ccccc4)c3O[C@@H]3O[C@H](C(=O)O)[C@@H](O)[C@H](O)[C@H]3O)C[C@H]21. The molecule has 3 aliphatic rings. The topological polar surface area (TPSA) is 129 Å². The van der Waals surface area contributed by atoms with E-state index in [4.69, 9.17) is 14.2 Å². The van der Waals surface area contributed by atoms with Gasteiger partial charge in [0.05, 0.1) is 0 Å². The van der Waals surface area contributed by atoms with E-state index in [0.717, 1.165) is 61.9 Å². The summed E-state index contributed by atoms with van der Waals surface area (Å²) >= 11 is 0. The van der Waals surface area contributed by atoms with Crippen LogP contribution in [0.1, 0.15) is 50.3 Å². The first-order valence-corrected chi connectivity index (χ1v) is 13.5. The maximum Gasteiger partial charge on any atom is 0.335 e. The molecule has 9 heteroatoms. The van der Waals surface area contributed by atoms with Crippen molar-refractivity contribution >= 4 is 5.97 Å². The molecule has 1 aliphatic carbocycles. The van der Waals surface area contributed by atoms with Gasteiger partial charge < -0.3 is 34.6 Å². The van der Waals surface area contributed by atoms with Crippen molar-refractivity contribution in [3.63, 3.8) is 0 Å². The van der Waals surface area contributed by atoms with Crippen LogP contribution in [0, 0.1) is 5.92 Å². The average Bonchev–Trinajstić information content (AvgIpc) is 2.92. The third kappa shape index (κ3) is 6.07. The lowest BCUT2D eigenvalue weighted by Crippen LogP contribution is -2.61. The fourth-order valence-corrected chi connectivity index (χ4v) is 6.10. The molecule has 9 nitrogen and oxygen atoms in total. The number of carboxylic acids is 1. The second-order valence-corrected chi connectivity index (χ2v) is 10.6. The molecular weight excluding hydrogens is 502 g/mol. The Morgan fingerprint density at radius 1 is 1.05 bits per heavy atom. The molecule has 2 aromatic carbocycles. The van der Waals surface area contributed by atoms with Crippen LogP contribution in [-0.4, -0.2) is 81.1 Å². The molecule has 4 N–H and O–H groups in total. The summed E-state index contributed by atoms with van der Waals surface area (Å²) in [7, 11) is 0. The van der Waals surface area contributed by atoms with E-state index >= 15 is 0 Å². The number of fused-ring (bicyclic) bond motifs is 2. The number of hydrogen-bond acceptors (Lipinski definition) is 8. The molecule has 0 radical (unpaired) electrons. The summed E-state index contributed by atoms with van der Waals surface area (Å²) in [6, 6.07) is 14.1. The van der Waals surface area contributed by atoms with Gasteiger partial charge in [-0.2, -0.15) is 0 Å². The van der Waals surface area contributed by atoms with Crippen LogP contribution in [0.3, 0.4) is 0 Å². The van der Waals surface area contributed by atoms with Gasteiger partial charge in [-0.3, -0.25) is 4.90 Å². The van der Waals surface area contributed by atoms with Gasteiger partial charge in [0.25, 0.3) is 0 Å². The van der Waals surface area contributed by atoms with E-state index in [2.05, 4.69) is 17.9 Å². The number of carboxylic acid groups (broad SMARTS) is 1. The number of aliphatic hydroxyl groups excluding tert-OH is 3.